The van der Waals surface area contributed by atoms with Crippen molar-refractivity contribution in [1.82, 2.24) is 15.0 Å². The Morgan fingerprint density at radius 1 is 1.00 bits per heavy atom. The number of thiophene rings is 1. The smallest absolute Gasteiger partial charge is 0.154 e. The van der Waals surface area contributed by atoms with Crippen LogP contribution in [0.3, 0.4) is 0 Å². The summed E-state index contributed by atoms with van der Waals surface area (Å²) in [6, 6.07) is 11.9. The SMILES string of the molecule is C(=N\Nc1nccc2sc(-c3cccnc3)cc12)/c1cccnc1. The normalized spacial score (nSPS) is 11.2. The number of rotatable bonds is 4. The number of fused-ring (bicyclic) bond motifs is 1. The predicted molar refractivity (Wildman–Crippen MR) is 98.3 cm³/mol. The molecule has 0 radical (unpaired) electrons. The largest absolute Gasteiger partial charge is 0.264 e. The van der Waals surface area contributed by atoms with Crippen molar-refractivity contribution in [1.29, 1.82) is 0 Å². The molecule has 0 amide bonds. The van der Waals surface area contributed by atoms with Crippen LogP contribution in [0.15, 0.2) is 72.5 Å². The second kappa shape index (κ2) is 6.55. The molecular formula is C18H13N5S. The Morgan fingerprint density at radius 3 is 2.67 bits per heavy atom. The quantitative estimate of drug-likeness (QED) is 0.450. The summed E-state index contributed by atoms with van der Waals surface area (Å²) in [7, 11) is 0. The lowest BCUT2D eigenvalue weighted by Crippen LogP contribution is -1.93. The summed E-state index contributed by atoms with van der Waals surface area (Å²) in [6.45, 7) is 0. The lowest BCUT2D eigenvalue weighted by atomic mass is 10.2. The molecule has 0 fully saturated rings. The van der Waals surface area contributed by atoms with Crippen molar-refractivity contribution in [3.63, 3.8) is 0 Å². The molecule has 0 saturated heterocycles. The molecule has 0 unspecified atom stereocenters. The first kappa shape index (κ1) is 14.5. The maximum atomic E-state index is 4.40. The van der Waals surface area contributed by atoms with E-state index in [9.17, 15) is 0 Å². The predicted octanol–water partition coefficient (Wildman–Crippen LogP) is 4.20. The maximum Gasteiger partial charge on any atom is 0.154 e. The van der Waals surface area contributed by atoms with Gasteiger partial charge in [-0.2, -0.15) is 5.10 Å². The summed E-state index contributed by atoms with van der Waals surface area (Å²) in [5.74, 6) is 0.735. The van der Waals surface area contributed by atoms with Crippen molar-refractivity contribution in [2.45, 2.75) is 0 Å². The Labute approximate surface area is 142 Å². The Balaban J connectivity index is 1.64. The molecule has 116 valence electrons. The number of anilines is 1. The highest BCUT2D eigenvalue weighted by Gasteiger charge is 2.08. The first-order chi connectivity index (χ1) is 11.9. The fraction of sp³-hybridized carbons (Fsp3) is 0. The van der Waals surface area contributed by atoms with Crippen LogP contribution in [0.5, 0.6) is 0 Å². The summed E-state index contributed by atoms with van der Waals surface area (Å²) >= 11 is 1.71. The van der Waals surface area contributed by atoms with Crippen LogP contribution in [-0.2, 0) is 0 Å². The highest BCUT2D eigenvalue weighted by atomic mass is 32.1. The molecule has 4 aromatic heterocycles. The third kappa shape index (κ3) is 3.00. The molecule has 0 atom stereocenters. The molecule has 0 aliphatic heterocycles. The van der Waals surface area contributed by atoms with Crippen LogP contribution in [0.4, 0.5) is 5.82 Å². The number of nitrogens with zero attached hydrogens (tertiary/aromatic N) is 4. The molecule has 0 bridgehead atoms. The zero-order chi connectivity index (χ0) is 16.2. The van der Waals surface area contributed by atoms with Crippen molar-refractivity contribution < 1.29 is 0 Å². The molecule has 24 heavy (non-hydrogen) atoms. The molecule has 0 aliphatic rings. The second-order valence-corrected chi connectivity index (χ2v) is 6.16. The highest BCUT2D eigenvalue weighted by molar-refractivity contribution is 7.22. The van der Waals surface area contributed by atoms with Crippen LogP contribution in [0.25, 0.3) is 20.5 Å². The monoisotopic (exact) mass is 331 g/mol. The van der Waals surface area contributed by atoms with Gasteiger partial charge in [0.1, 0.15) is 0 Å². The van der Waals surface area contributed by atoms with Gasteiger partial charge in [0, 0.05) is 57.1 Å². The standard InChI is InChI=1S/C18H13N5S/c1-3-13(10-19-6-1)11-22-23-18-15-9-17(14-4-2-7-20-12-14)24-16(15)5-8-21-18/h1-12H,(H,21,23)/b22-11+. The summed E-state index contributed by atoms with van der Waals surface area (Å²) in [5.41, 5.74) is 5.05. The highest BCUT2D eigenvalue weighted by Crippen LogP contribution is 2.35. The number of hydrogen-bond acceptors (Lipinski definition) is 6. The van der Waals surface area contributed by atoms with E-state index in [1.165, 1.54) is 0 Å². The van der Waals surface area contributed by atoms with Crippen LogP contribution in [0.1, 0.15) is 5.56 Å². The van der Waals surface area contributed by atoms with Gasteiger partial charge in [0.2, 0.25) is 0 Å². The molecule has 0 saturated carbocycles. The zero-order valence-electron chi connectivity index (χ0n) is 12.6. The van der Waals surface area contributed by atoms with Gasteiger partial charge < -0.3 is 0 Å². The summed E-state index contributed by atoms with van der Waals surface area (Å²) < 4.78 is 1.16. The Hall–Kier alpha value is -3.12. The third-order valence-electron chi connectivity index (χ3n) is 3.46. The van der Waals surface area contributed by atoms with Crippen molar-refractivity contribution in [2.75, 3.05) is 5.43 Å². The van der Waals surface area contributed by atoms with E-state index in [4.69, 9.17) is 0 Å². The molecular weight excluding hydrogens is 318 g/mol. The van der Waals surface area contributed by atoms with E-state index in [1.807, 2.05) is 30.5 Å². The average Bonchev–Trinajstić information content (AvgIpc) is 3.09. The van der Waals surface area contributed by atoms with Gasteiger partial charge >= 0.3 is 0 Å². The topological polar surface area (TPSA) is 63.1 Å². The number of hydrogen-bond donors (Lipinski definition) is 1. The van der Waals surface area contributed by atoms with Crippen LogP contribution < -0.4 is 5.43 Å². The molecule has 6 heteroatoms. The number of aromatic nitrogens is 3. The van der Waals surface area contributed by atoms with E-state index in [1.54, 1.807) is 42.3 Å². The van der Waals surface area contributed by atoms with Crippen LogP contribution in [0, 0.1) is 0 Å². The van der Waals surface area contributed by atoms with Gasteiger partial charge in [0.05, 0.1) is 6.21 Å². The number of nitrogens with one attached hydrogen (secondary N) is 1. The second-order valence-electron chi connectivity index (χ2n) is 5.08. The molecule has 0 spiro atoms. The van der Waals surface area contributed by atoms with Gasteiger partial charge in [-0.3, -0.25) is 15.4 Å². The molecule has 4 rings (SSSR count). The Morgan fingerprint density at radius 2 is 1.88 bits per heavy atom. The Kier molecular flexibility index (Phi) is 3.95. The molecule has 4 aromatic rings. The van der Waals surface area contributed by atoms with E-state index in [-0.39, 0.29) is 0 Å². The first-order valence-electron chi connectivity index (χ1n) is 7.38. The molecule has 0 aliphatic carbocycles. The van der Waals surface area contributed by atoms with E-state index < -0.39 is 0 Å². The lowest BCUT2D eigenvalue weighted by Gasteiger charge is -2.00. The molecule has 4 heterocycles. The van der Waals surface area contributed by atoms with E-state index >= 15 is 0 Å². The fourth-order valence-electron chi connectivity index (χ4n) is 2.32. The first-order valence-corrected chi connectivity index (χ1v) is 8.20. The number of hydrazone groups is 1. The summed E-state index contributed by atoms with van der Waals surface area (Å²) in [6.07, 6.45) is 10.6. The van der Waals surface area contributed by atoms with Gasteiger partial charge in [-0.1, -0.05) is 12.1 Å². The number of pyridine rings is 3. The van der Waals surface area contributed by atoms with Gasteiger partial charge in [0.25, 0.3) is 0 Å². The summed E-state index contributed by atoms with van der Waals surface area (Å²) in [5, 5.41) is 5.30. The van der Waals surface area contributed by atoms with Gasteiger partial charge in [-0.05, 0) is 24.3 Å². The molecule has 0 aromatic carbocycles. The van der Waals surface area contributed by atoms with Gasteiger partial charge in [-0.25, -0.2) is 4.98 Å². The van der Waals surface area contributed by atoms with Crippen LogP contribution in [0.2, 0.25) is 0 Å². The van der Waals surface area contributed by atoms with Crippen molar-refractivity contribution in [3.8, 4) is 10.4 Å². The minimum Gasteiger partial charge on any atom is -0.264 e. The molecule has 5 nitrogen and oxygen atoms in total. The molecule has 1 N–H and O–H groups in total. The fourth-order valence-corrected chi connectivity index (χ4v) is 3.37. The maximum absolute atomic E-state index is 4.40. The van der Waals surface area contributed by atoms with Gasteiger partial charge in [-0.15, -0.1) is 11.3 Å². The lowest BCUT2D eigenvalue weighted by molar-refractivity contribution is 1.25. The van der Waals surface area contributed by atoms with E-state index in [0.717, 1.165) is 31.9 Å². The average molecular weight is 331 g/mol. The van der Waals surface area contributed by atoms with Gasteiger partial charge in [0.15, 0.2) is 5.82 Å². The van der Waals surface area contributed by atoms with E-state index in [2.05, 4.69) is 37.6 Å². The van der Waals surface area contributed by atoms with Crippen LogP contribution in [-0.4, -0.2) is 21.2 Å². The van der Waals surface area contributed by atoms with Crippen molar-refractivity contribution >= 4 is 33.5 Å². The zero-order valence-corrected chi connectivity index (χ0v) is 13.4. The minimum absolute atomic E-state index is 0.735. The van der Waals surface area contributed by atoms with Crippen LogP contribution >= 0.6 is 11.3 Å². The van der Waals surface area contributed by atoms with Crippen molar-refractivity contribution in [2.24, 2.45) is 5.10 Å². The summed E-state index contributed by atoms with van der Waals surface area (Å²) in [4.78, 5) is 13.8. The van der Waals surface area contributed by atoms with E-state index in [0.29, 0.717) is 0 Å². The minimum atomic E-state index is 0.735. The third-order valence-corrected chi connectivity index (χ3v) is 4.61. The Bertz CT molecular complexity index is 980. The van der Waals surface area contributed by atoms with Crippen molar-refractivity contribution in [3.05, 3.63) is 72.9 Å².